The molecule has 0 radical (unpaired) electrons. The van der Waals surface area contributed by atoms with Crippen molar-refractivity contribution < 1.29 is 19.0 Å². The number of likely N-dealkylation sites (tertiary alicyclic amines) is 1. The Bertz CT molecular complexity index is 1360. The normalized spacial score (nSPS) is 17.1. The van der Waals surface area contributed by atoms with E-state index in [1.165, 1.54) is 11.8 Å². The maximum atomic E-state index is 12.5. The van der Waals surface area contributed by atoms with Crippen molar-refractivity contribution in [3.8, 4) is 11.5 Å². The van der Waals surface area contributed by atoms with Crippen LogP contribution in [0.5, 0.6) is 11.5 Å². The Morgan fingerprint density at radius 2 is 2.17 bits per heavy atom. The molecule has 3 aromatic rings. The van der Waals surface area contributed by atoms with Crippen molar-refractivity contribution in [2.24, 2.45) is 0 Å². The topological polar surface area (TPSA) is 118 Å². The van der Waals surface area contributed by atoms with Crippen molar-refractivity contribution in [2.75, 3.05) is 13.3 Å². The number of carbonyl (C=O) groups is 1. The fourth-order valence-electron chi connectivity index (χ4n) is 4.29. The SMILES string of the molecule is C=C(C)OC(=O)N1CCCC[C@@H]1CCn1cnc(=N)c2[nH]c(Sc3cc4c(cc3Br)OCO4)nc21. The average molecular weight is 561 g/mol. The largest absolute Gasteiger partial charge is 0.454 e. The first-order valence-electron chi connectivity index (χ1n) is 11.3. The van der Waals surface area contributed by atoms with Crippen LogP contribution in [0.25, 0.3) is 11.2 Å². The molecule has 10 nitrogen and oxygen atoms in total. The summed E-state index contributed by atoms with van der Waals surface area (Å²) in [6.45, 7) is 6.84. The Balaban J connectivity index is 1.36. The summed E-state index contributed by atoms with van der Waals surface area (Å²) in [6.07, 6.45) is 4.97. The summed E-state index contributed by atoms with van der Waals surface area (Å²) < 4.78 is 19.0. The number of hydrogen-bond donors (Lipinski definition) is 2. The van der Waals surface area contributed by atoms with Gasteiger partial charge in [0.2, 0.25) is 6.79 Å². The van der Waals surface area contributed by atoms with Crippen molar-refractivity contribution in [3.63, 3.8) is 0 Å². The van der Waals surface area contributed by atoms with Crippen molar-refractivity contribution in [3.05, 3.63) is 40.8 Å². The van der Waals surface area contributed by atoms with Gasteiger partial charge in [0, 0.05) is 28.5 Å². The number of aryl methyl sites for hydroxylation is 1. The lowest BCUT2D eigenvalue weighted by Gasteiger charge is -2.35. The molecule has 2 aliphatic heterocycles. The van der Waals surface area contributed by atoms with Gasteiger partial charge in [0.1, 0.15) is 5.52 Å². The van der Waals surface area contributed by atoms with Gasteiger partial charge in [0.05, 0.1) is 12.1 Å². The molecule has 12 heteroatoms. The van der Waals surface area contributed by atoms with Crippen molar-refractivity contribution in [1.29, 1.82) is 5.41 Å². The first-order valence-corrected chi connectivity index (χ1v) is 12.9. The number of imidazole rings is 1. The number of rotatable bonds is 6. The zero-order valence-corrected chi connectivity index (χ0v) is 21.6. The van der Waals surface area contributed by atoms with E-state index in [9.17, 15) is 4.79 Å². The number of halogens is 1. The van der Waals surface area contributed by atoms with Crippen LogP contribution in [0.4, 0.5) is 4.79 Å². The maximum absolute atomic E-state index is 12.5. The first-order chi connectivity index (χ1) is 16.9. The highest BCUT2D eigenvalue weighted by Crippen LogP contribution is 2.42. The zero-order valence-electron chi connectivity index (χ0n) is 19.2. The van der Waals surface area contributed by atoms with Gasteiger partial charge in [-0.25, -0.2) is 14.8 Å². The Morgan fingerprint density at radius 1 is 1.37 bits per heavy atom. The van der Waals surface area contributed by atoms with Gasteiger partial charge >= 0.3 is 6.09 Å². The van der Waals surface area contributed by atoms with Crippen LogP contribution in [0, 0.1) is 5.41 Å². The van der Waals surface area contributed by atoms with Crippen LogP contribution in [0.3, 0.4) is 0 Å². The molecule has 0 aliphatic carbocycles. The van der Waals surface area contributed by atoms with Crippen molar-refractivity contribution in [1.82, 2.24) is 24.4 Å². The van der Waals surface area contributed by atoms with Gasteiger partial charge in [0.15, 0.2) is 27.8 Å². The maximum Gasteiger partial charge on any atom is 0.415 e. The zero-order chi connectivity index (χ0) is 24.5. The molecule has 2 aromatic heterocycles. The second-order valence-electron chi connectivity index (χ2n) is 8.47. The summed E-state index contributed by atoms with van der Waals surface area (Å²) in [6, 6.07) is 3.84. The Kier molecular flexibility index (Phi) is 6.74. The predicted octanol–water partition coefficient (Wildman–Crippen LogP) is 4.80. The summed E-state index contributed by atoms with van der Waals surface area (Å²) in [5.41, 5.74) is 1.34. The Hall–Kier alpha value is -2.99. The fourth-order valence-corrected chi connectivity index (χ4v) is 5.67. The smallest absolute Gasteiger partial charge is 0.415 e. The molecule has 1 atom stereocenters. The minimum absolute atomic E-state index is 0.0613. The molecule has 4 heterocycles. The van der Waals surface area contributed by atoms with Gasteiger partial charge in [-0.1, -0.05) is 18.3 Å². The highest BCUT2D eigenvalue weighted by molar-refractivity contribution is 9.10. The minimum Gasteiger partial charge on any atom is -0.454 e. The lowest BCUT2D eigenvalue weighted by atomic mass is 10.00. The van der Waals surface area contributed by atoms with Crippen LogP contribution in [0.2, 0.25) is 0 Å². The molecular formula is C23H25BrN6O4S. The fraction of sp³-hybridized carbons (Fsp3) is 0.391. The number of H-pyrrole nitrogens is 1. The number of ether oxygens (including phenoxy) is 3. The predicted molar refractivity (Wildman–Crippen MR) is 132 cm³/mol. The number of carbonyl (C=O) groups excluding carboxylic acids is 1. The van der Waals surface area contributed by atoms with Crippen LogP contribution in [-0.4, -0.2) is 49.9 Å². The van der Waals surface area contributed by atoms with E-state index in [1.807, 2.05) is 16.7 Å². The Labute approximate surface area is 214 Å². The molecule has 1 amide bonds. The molecule has 5 rings (SSSR count). The lowest BCUT2D eigenvalue weighted by Crippen LogP contribution is -2.44. The Morgan fingerprint density at radius 3 is 2.97 bits per heavy atom. The number of aromatic amines is 1. The third-order valence-electron chi connectivity index (χ3n) is 5.96. The van der Waals surface area contributed by atoms with Gasteiger partial charge in [-0.15, -0.1) is 0 Å². The number of hydrogen-bond acceptors (Lipinski definition) is 8. The number of piperidine rings is 1. The molecule has 2 N–H and O–H groups in total. The third kappa shape index (κ3) is 5.03. The van der Waals surface area contributed by atoms with E-state index in [1.54, 1.807) is 18.2 Å². The summed E-state index contributed by atoms with van der Waals surface area (Å²) in [4.78, 5) is 27.5. The second-order valence-corrected chi connectivity index (χ2v) is 10.4. The van der Waals surface area contributed by atoms with E-state index < -0.39 is 0 Å². The van der Waals surface area contributed by atoms with Crippen molar-refractivity contribution in [2.45, 2.75) is 55.2 Å². The third-order valence-corrected chi connectivity index (χ3v) is 7.82. The number of nitrogens with one attached hydrogen (secondary N) is 2. The summed E-state index contributed by atoms with van der Waals surface area (Å²) >= 11 is 5.01. The van der Waals surface area contributed by atoms with Gasteiger partial charge in [-0.3, -0.25) is 5.41 Å². The summed E-state index contributed by atoms with van der Waals surface area (Å²) in [7, 11) is 0. The van der Waals surface area contributed by atoms with Gasteiger partial charge in [0.25, 0.3) is 0 Å². The monoisotopic (exact) mass is 560 g/mol. The summed E-state index contributed by atoms with van der Waals surface area (Å²) in [5.74, 6) is 1.78. The molecule has 184 valence electrons. The van der Waals surface area contributed by atoms with Crippen LogP contribution in [-0.2, 0) is 11.3 Å². The highest BCUT2D eigenvalue weighted by Gasteiger charge is 2.28. The highest BCUT2D eigenvalue weighted by atomic mass is 79.9. The molecule has 0 bridgehead atoms. The van der Waals surface area contributed by atoms with Gasteiger partial charge < -0.3 is 28.7 Å². The molecule has 2 aliphatic rings. The first kappa shape index (κ1) is 23.7. The number of fused-ring (bicyclic) bond motifs is 2. The van der Waals surface area contributed by atoms with E-state index in [0.717, 1.165) is 35.1 Å². The molecule has 0 spiro atoms. The van der Waals surface area contributed by atoms with E-state index >= 15 is 0 Å². The number of aromatic nitrogens is 4. The quantitative estimate of drug-likeness (QED) is 0.416. The molecule has 1 saturated heterocycles. The van der Waals surface area contributed by atoms with E-state index in [-0.39, 0.29) is 24.4 Å². The van der Waals surface area contributed by atoms with Crippen LogP contribution < -0.4 is 15.0 Å². The minimum atomic E-state index is -0.343. The van der Waals surface area contributed by atoms with Crippen LogP contribution >= 0.6 is 27.7 Å². The van der Waals surface area contributed by atoms with Gasteiger partial charge in [-0.2, -0.15) is 0 Å². The number of benzene rings is 1. The standard InChI is InChI=1S/C23H25BrN6O4S/c1-13(2)34-23(31)30-7-4-3-5-14(30)6-8-29-11-26-20(25)19-21(29)28-22(27-19)35-18-10-17-16(9-15(18)24)32-12-33-17/h9-11,14,25H,1,3-8,12H2,2H3,(H,27,28)/t14-/m1/s1. The van der Waals surface area contributed by atoms with E-state index in [4.69, 9.17) is 24.6 Å². The molecule has 1 fully saturated rings. The van der Waals surface area contributed by atoms with E-state index in [2.05, 4.69) is 32.5 Å². The number of nitrogens with zero attached hydrogens (tertiary/aromatic N) is 4. The molecule has 0 unspecified atom stereocenters. The average Bonchev–Trinajstić information content (AvgIpc) is 3.46. The van der Waals surface area contributed by atoms with Crippen LogP contribution in [0.15, 0.2) is 45.3 Å². The molecule has 35 heavy (non-hydrogen) atoms. The van der Waals surface area contributed by atoms with E-state index in [0.29, 0.717) is 46.7 Å². The summed E-state index contributed by atoms with van der Waals surface area (Å²) in [5, 5.41) is 8.89. The molecule has 0 saturated carbocycles. The van der Waals surface area contributed by atoms with Gasteiger partial charge in [-0.05, 0) is 60.7 Å². The second kappa shape index (κ2) is 9.94. The number of amides is 1. The number of allylic oxidation sites excluding steroid dienone is 1. The van der Waals surface area contributed by atoms with Crippen LogP contribution in [0.1, 0.15) is 32.6 Å². The molecule has 1 aromatic carbocycles. The molecular weight excluding hydrogens is 536 g/mol. The lowest BCUT2D eigenvalue weighted by molar-refractivity contribution is 0.0898. The van der Waals surface area contributed by atoms with Crippen molar-refractivity contribution >= 4 is 44.9 Å².